The summed E-state index contributed by atoms with van der Waals surface area (Å²) in [6.07, 6.45) is 1.79. The summed E-state index contributed by atoms with van der Waals surface area (Å²) in [5.41, 5.74) is 1.96. The molecule has 4 rings (SSSR count). The van der Waals surface area contributed by atoms with Gasteiger partial charge in [-0.3, -0.25) is 0 Å². The molecular formula is C25H27FN6OS. The summed E-state index contributed by atoms with van der Waals surface area (Å²) in [5, 5.41) is 9.05. The minimum Gasteiger partial charge on any atom is -0.472 e. The third kappa shape index (κ3) is 5.76. The Labute approximate surface area is 203 Å². The minimum absolute atomic E-state index is 0.251. The first-order chi connectivity index (χ1) is 16.4. The van der Waals surface area contributed by atoms with E-state index in [4.69, 9.17) is 15.0 Å². The van der Waals surface area contributed by atoms with E-state index in [9.17, 15) is 4.39 Å². The maximum Gasteiger partial charge on any atom is 0.232 e. The Hall–Kier alpha value is -3.35. The van der Waals surface area contributed by atoms with Crippen molar-refractivity contribution in [3.05, 3.63) is 65.6 Å². The van der Waals surface area contributed by atoms with Crippen LogP contribution in [0.3, 0.4) is 0 Å². The Bertz CT molecular complexity index is 1170. The topological polar surface area (TPSA) is 68.5 Å². The molecule has 2 heterocycles. The van der Waals surface area contributed by atoms with Gasteiger partial charge in [0.1, 0.15) is 12.4 Å². The zero-order valence-electron chi connectivity index (χ0n) is 19.5. The first-order valence-corrected chi connectivity index (χ1v) is 11.8. The predicted molar refractivity (Wildman–Crippen MR) is 132 cm³/mol. The molecule has 1 fully saturated rings. The van der Waals surface area contributed by atoms with Gasteiger partial charge >= 0.3 is 0 Å². The lowest BCUT2D eigenvalue weighted by Crippen LogP contribution is -2.45. The number of hydrogen-bond acceptors (Lipinski definition) is 8. The van der Waals surface area contributed by atoms with E-state index in [1.54, 1.807) is 35.4 Å². The molecule has 0 bridgehead atoms. The first kappa shape index (κ1) is 23.8. The number of halogens is 1. The lowest BCUT2D eigenvalue weighted by atomic mass is 10.2. The zero-order chi connectivity index (χ0) is 24.1. The van der Waals surface area contributed by atoms with Crippen LogP contribution in [0.25, 0.3) is 0 Å². The average molecular weight is 479 g/mol. The van der Waals surface area contributed by atoms with Gasteiger partial charge in [0.25, 0.3) is 0 Å². The molecule has 0 radical (unpaired) electrons. The van der Waals surface area contributed by atoms with Crippen molar-refractivity contribution in [2.24, 2.45) is 0 Å². The average Bonchev–Trinajstić information content (AvgIpc) is 2.85. The molecule has 0 spiro atoms. The van der Waals surface area contributed by atoms with Gasteiger partial charge in [-0.2, -0.15) is 10.2 Å². The van der Waals surface area contributed by atoms with Crippen molar-refractivity contribution in [2.75, 3.05) is 57.1 Å². The fourth-order valence-corrected chi connectivity index (χ4v) is 4.37. The van der Waals surface area contributed by atoms with E-state index < -0.39 is 0 Å². The van der Waals surface area contributed by atoms with Gasteiger partial charge in [-0.15, -0.1) is 0 Å². The van der Waals surface area contributed by atoms with Crippen LogP contribution in [0, 0.1) is 17.1 Å². The van der Waals surface area contributed by atoms with Crippen molar-refractivity contribution < 1.29 is 9.13 Å². The summed E-state index contributed by atoms with van der Waals surface area (Å²) in [5.74, 6) is 0.847. The Morgan fingerprint density at radius 2 is 1.85 bits per heavy atom. The Morgan fingerprint density at radius 3 is 2.53 bits per heavy atom. The second-order valence-electron chi connectivity index (χ2n) is 8.34. The molecular weight excluding hydrogens is 451 g/mol. The molecule has 1 aromatic heterocycles. The van der Waals surface area contributed by atoms with Crippen molar-refractivity contribution >= 4 is 23.4 Å². The monoisotopic (exact) mass is 478 g/mol. The van der Waals surface area contributed by atoms with E-state index in [0.717, 1.165) is 41.5 Å². The highest BCUT2D eigenvalue weighted by atomic mass is 32.2. The molecule has 3 aromatic rings. The summed E-state index contributed by atoms with van der Waals surface area (Å²) in [7, 11) is 5.72. The van der Waals surface area contributed by atoms with Crippen LogP contribution >= 0.6 is 11.8 Å². The van der Waals surface area contributed by atoms with Crippen LogP contribution in [0.1, 0.15) is 11.1 Å². The number of nitriles is 1. The van der Waals surface area contributed by atoms with Crippen molar-refractivity contribution in [1.82, 2.24) is 14.9 Å². The normalized spacial score (nSPS) is 14.0. The zero-order valence-corrected chi connectivity index (χ0v) is 20.3. The Morgan fingerprint density at radius 1 is 1.12 bits per heavy atom. The number of benzene rings is 2. The second-order valence-corrected chi connectivity index (χ2v) is 9.45. The van der Waals surface area contributed by atoms with Crippen molar-refractivity contribution in [3.63, 3.8) is 0 Å². The number of piperazine rings is 1. The van der Waals surface area contributed by atoms with Crippen LogP contribution in [-0.4, -0.2) is 62.2 Å². The molecule has 34 heavy (non-hydrogen) atoms. The van der Waals surface area contributed by atoms with Crippen molar-refractivity contribution in [2.45, 2.75) is 16.4 Å². The first-order valence-electron chi connectivity index (χ1n) is 11.0. The van der Waals surface area contributed by atoms with Crippen LogP contribution in [0.15, 0.2) is 58.5 Å². The van der Waals surface area contributed by atoms with Crippen molar-refractivity contribution in [1.29, 1.82) is 5.26 Å². The van der Waals surface area contributed by atoms with E-state index in [0.29, 0.717) is 23.1 Å². The molecule has 1 aliphatic heterocycles. The molecule has 9 heteroatoms. The summed E-state index contributed by atoms with van der Waals surface area (Å²) >= 11 is 1.48. The maximum absolute atomic E-state index is 14.1. The van der Waals surface area contributed by atoms with Gasteiger partial charge in [0.2, 0.25) is 11.8 Å². The summed E-state index contributed by atoms with van der Waals surface area (Å²) in [6, 6.07) is 14.4. The van der Waals surface area contributed by atoms with Crippen LogP contribution in [0.4, 0.5) is 16.0 Å². The van der Waals surface area contributed by atoms with Gasteiger partial charge in [-0.05, 0) is 49.0 Å². The van der Waals surface area contributed by atoms with Gasteiger partial charge in [-0.25, -0.2) is 9.37 Å². The molecule has 1 saturated heterocycles. The fourth-order valence-electron chi connectivity index (χ4n) is 3.55. The van der Waals surface area contributed by atoms with Crippen molar-refractivity contribution in [3.8, 4) is 11.9 Å². The van der Waals surface area contributed by atoms with E-state index in [1.807, 2.05) is 26.2 Å². The highest BCUT2D eigenvalue weighted by Gasteiger charge is 2.19. The van der Waals surface area contributed by atoms with Crippen LogP contribution in [0.2, 0.25) is 0 Å². The SMILES string of the molecule is CN1CCN(c2ncc(Sc3ccc(C#N)cc3)c(OCc3ccc(F)c(N(C)C)c3)n2)CC1. The van der Waals surface area contributed by atoms with E-state index in [-0.39, 0.29) is 12.4 Å². The molecule has 0 unspecified atom stereocenters. The quantitative estimate of drug-likeness (QED) is 0.504. The summed E-state index contributed by atoms with van der Waals surface area (Å²) in [6.45, 7) is 3.85. The number of hydrogen-bond donors (Lipinski definition) is 0. The van der Waals surface area contributed by atoms with Gasteiger partial charge in [0, 0.05) is 45.2 Å². The Kier molecular flexibility index (Phi) is 7.50. The predicted octanol–water partition coefficient (Wildman–Crippen LogP) is 4.04. The molecule has 0 atom stereocenters. The number of nitrogens with zero attached hydrogens (tertiary/aromatic N) is 6. The number of likely N-dealkylation sites (N-methyl/N-ethyl adjacent to an activating group) is 1. The van der Waals surface area contributed by atoms with Crippen LogP contribution in [-0.2, 0) is 6.61 Å². The molecule has 0 N–H and O–H groups in total. The third-order valence-electron chi connectivity index (χ3n) is 5.57. The number of rotatable bonds is 7. The fraction of sp³-hybridized carbons (Fsp3) is 0.320. The maximum atomic E-state index is 14.1. The molecule has 0 saturated carbocycles. The highest BCUT2D eigenvalue weighted by molar-refractivity contribution is 7.99. The van der Waals surface area contributed by atoms with E-state index >= 15 is 0 Å². The van der Waals surface area contributed by atoms with Gasteiger partial charge in [-0.1, -0.05) is 17.8 Å². The van der Waals surface area contributed by atoms with E-state index in [1.165, 1.54) is 17.8 Å². The summed E-state index contributed by atoms with van der Waals surface area (Å²) < 4.78 is 20.3. The standard InChI is InChI=1S/C25H27FN6OS/c1-30(2)22-14-19(6-9-21(22)26)17-33-24-23(34-20-7-4-18(15-27)5-8-20)16-28-25(29-24)32-12-10-31(3)11-13-32/h4-9,14,16H,10-13,17H2,1-3H3. The lowest BCUT2D eigenvalue weighted by Gasteiger charge is -2.32. The third-order valence-corrected chi connectivity index (χ3v) is 6.58. The lowest BCUT2D eigenvalue weighted by molar-refractivity contribution is 0.283. The number of anilines is 2. The largest absolute Gasteiger partial charge is 0.472 e. The van der Waals surface area contributed by atoms with Crippen LogP contribution in [0.5, 0.6) is 5.88 Å². The molecule has 0 aliphatic carbocycles. The minimum atomic E-state index is -0.273. The summed E-state index contributed by atoms with van der Waals surface area (Å²) in [4.78, 5) is 17.3. The number of ether oxygens (including phenoxy) is 1. The van der Waals surface area contributed by atoms with Crippen LogP contribution < -0.4 is 14.5 Å². The second kappa shape index (κ2) is 10.7. The molecule has 7 nitrogen and oxygen atoms in total. The molecule has 2 aromatic carbocycles. The number of aromatic nitrogens is 2. The van der Waals surface area contributed by atoms with E-state index in [2.05, 4.69) is 27.9 Å². The molecule has 0 amide bonds. The van der Waals surface area contributed by atoms with Gasteiger partial charge in [0.15, 0.2) is 0 Å². The molecule has 176 valence electrons. The highest BCUT2D eigenvalue weighted by Crippen LogP contribution is 2.35. The van der Waals surface area contributed by atoms with Gasteiger partial charge < -0.3 is 19.4 Å². The smallest absolute Gasteiger partial charge is 0.232 e. The Balaban J connectivity index is 1.59. The van der Waals surface area contributed by atoms with Gasteiger partial charge in [0.05, 0.1) is 28.4 Å². The molecule has 1 aliphatic rings.